The van der Waals surface area contributed by atoms with Crippen LogP contribution in [0, 0.1) is 0 Å². The molecule has 1 heterocycles. The number of sulfonamides is 1. The minimum atomic E-state index is -3.68. The van der Waals surface area contributed by atoms with Crippen molar-refractivity contribution in [1.29, 1.82) is 0 Å². The quantitative estimate of drug-likeness (QED) is 0.558. The zero-order valence-corrected chi connectivity index (χ0v) is 18.8. The zero-order valence-electron chi connectivity index (χ0n) is 18.0. The lowest BCUT2D eigenvalue weighted by atomic mass is 10.1. The van der Waals surface area contributed by atoms with Crippen molar-refractivity contribution in [1.82, 2.24) is 4.31 Å². The summed E-state index contributed by atoms with van der Waals surface area (Å²) in [6, 6.07) is 18.9. The summed E-state index contributed by atoms with van der Waals surface area (Å²) >= 11 is 0. The van der Waals surface area contributed by atoms with Crippen LogP contribution in [0.3, 0.4) is 0 Å². The smallest absolute Gasteiger partial charge is 0.243 e. The molecule has 4 rings (SSSR count). The van der Waals surface area contributed by atoms with E-state index in [4.69, 9.17) is 9.47 Å². The summed E-state index contributed by atoms with van der Waals surface area (Å²) in [5, 5.41) is 1.47. The molecule has 1 aliphatic heterocycles. The fourth-order valence-corrected chi connectivity index (χ4v) is 5.24. The summed E-state index contributed by atoms with van der Waals surface area (Å²) in [4.78, 5) is 2.57. The Bertz CT molecular complexity index is 1140. The predicted octanol–water partition coefficient (Wildman–Crippen LogP) is 3.90. The highest BCUT2D eigenvalue weighted by atomic mass is 32.2. The molecule has 1 aliphatic rings. The van der Waals surface area contributed by atoms with Crippen LogP contribution in [0.4, 0.5) is 5.69 Å². The Kier molecular flexibility index (Phi) is 6.46. The predicted molar refractivity (Wildman–Crippen MR) is 123 cm³/mol. The maximum atomic E-state index is 13.4. The molecule has 1 fully saturated rings. The molecular formula is C24H28N2O4S. The average molecular weight is 441 g/mol. The lowest BCUT2D eigenvalue weighted by Gasteiger charge is -2.29. The van der Waals surface area contributed by atoms with E-state index < -0.39 is 10.0 Å². The minimum Gasteiger partial charge on any atom is -0.493 e. The zero-order chi connectivity index (χ0) is 21.8. The third-order valence-electron chi connectivity index (χ3n) is 5.55. The second-order valence-corrected chi connectivity index (χ2v) is 9.58. The molecule has 0 saturated carbocycles. The van der Waals surface area contributed by atoms with Gasteiger partial charge in [-0.15, -0.1) is 0 Å². The molecule has 0 amide bonds. The van der Waals surface area contributed by atoms with Crippen molar-refractivity contribution >= 4 is 26.5 Å². The Morgan fingerprint density at radius 2 is 1.65 bits per heavy atom. The summed E-state index contributed by atoms with van der Waals surface area (Å²) < 4.78 is 39.3. The molecular weight excluding hydrogens is 412 g/mol. The largest absolute Gasteiger partial charge is 0.493 e. The second kappa shape index (κ2) is 9.26. The lowest BCUT2D eigenvalue weighted by molar-refractivity contribution is 0.122. The first kappa shape index (κ1) is 21.6. The fraction of sp³-hybridized carbons (Fsp3) is 0.333. The number of fused-ring (bicyclic) bond motifs is 1. The molecule has 0 bridgehead atoms. The van der Waals surface area contributed by atoms with Crippen molar-refractivity contribution in [2.75, 3.05) is 44.9 Å². The van der Waals surface area contributed by atoms with Gasteiger partial charge in [0.1, 0.15) is 5.75 Å². The van der Waals surface area contributed by atoms with E-state index in [0.717, 1.165) is 42.9 Å². The fourth-order valence-electron chi connectivity index (χ4n) is 3.89. The Hall–Kier alpha value is -2.61. The van der Waals surface area contributed by atoms with Gasteiger partial charge in [-0.1, -0.05) is 36.4 Å². The van der Waals surface area contributed by atoms with Crippen LogP contribution in [0.5, 0.6) is 5.75 Å². The molecule has 0 atom stereocenters. The van der Waals surface area contributed by atoms with E-state index in [2.05, 4.69) is 4.90 Å². The second-order valence-electron chi connectivity index (χ2n) is 7.57. The molecule has 0 aromatic heterocycles. The number of benzene rings is 3. The Balaban J connectivity index is 1.57. The minimum absolute atomic E-state index is 0.291. The third-order valence-corrected chi connectivity index (χ3v) is 7.41. The highest BCUT2D eigenvalue weighted by molar-refractivity contribution is 7.89. The Labute approximate surface area is 184 Å². The van der Waals surface area contributed by atoms with Crippen LogP contribution in [-0.2, 0) is 21.3 Å². The van der Waals surface area contributed by atoms with E-state index in [0.29, 0.717) is 29.2 Å². The summed E-state index contributed by atoms with van der Waals surface area (Å²) in [5.74, 6) is 0.693. The van der Waals surface area contributed by atoms with Crippen molar-refractivity contribution in [2.45, 2.75) is 18.4 Å². The average Bonchev–Trinajstić information content (AvgIpc) is 2.80. The van der Waals surface area contributed by atoms with Gasteiger partial charge in [0.05, 0.1) is 24.7 Å². The number of ether oxygens (including phenoxy) is 2. The SMILES string of the molecule is CCOc1ccc(S(=O)(=O)N(C)Cc2ccc(N3CCOCC3)cc2)c2ccccc12. The molecule has 6 nitrogen and oxygen atoms in total. The van der Waals surface area contributed by atoms with E-state index in [9.17, 15) is 8.42 Å². The van der Waals surface area contributed by atoms with Gasteiger partial charge in [0.25, 0.3) is 0 Å². The van der Waals surface area contributed by atoms with Crippen molar-refractivity contribution in [3.8, 4) is 5.75 Å². The number of hydrogen-bond acceptors (Lipinski definition) is 5. The van der Waals surface area contributed by atoms with Gasteiger partial charge < -0.3 is 14.4 Å². The van der Waals surface area contributed by atoms with Crippen LogP contribution in [-0.4, -0.2) is 52.7 Å². The molecule has 7 heteroatoms. The highest BCUT2D eigenvalue weighted by Gasteiger charge is 2.24. The van der Waals surface area contributed by atoms with Crippen LogP contribution in [0.2, 0.25) is 0 Å². The van der Waals surface area contributed by atoms with E-state index >= 15 is 0 Å². The van der Waals surface area contributed by atoms with Gasteiger partial charge in [0.15, 0.2) is 0 Å². The molecule has 31 heavy (non-hydrogen) atoms. The first-order chi connectivity index (χ1) is 15.0. The number of hydrogen-bond donors (Lipinski definition) is 0. The first-order valence-corrected chi connectivity index (χ1v) is 12.0. The topological polar surface area (TPSA) is 59.1 Å². The summed E-state index contributed by atoms with van der Waals surface area (Å²) in [6.45, 7) is 5.95. The molecule has 3 aromatic rings. The summed E-state index contributed by atoms with van der Waals surface area (Å²) in [5.41, 5.74) is 2.08. The maximum absolute atomic E-state index is 13.4. The molecule has 3 aromatic carbocycles. The van der Waals surface area contributed by atoms with Crippen molar-refractivity contribution in [3.63, 3.8) is 0 Å². The van der Waals surface area contributed by atoms with Gasteiger partial charge in [-0.05, 0) is 36.8 Å². The van der Waals surface area contributed by atoms with Crippen LogP contribution in [0.1, 0.15) is 12.5 Å². The van der Waals surface area contributed by atoms with Gasteiger partial charge in [-0.25, -0.2) is 8.42 Å². The molecule has 0 spiro atoms. The molecule has 164 valence electrons. The Morgan fingerprint density at radius 1 is 0.968 bits per heavy atom. The monoisotopic (exact) mass is 440 g/mol. The van der Waals surface area contributed by atoms with Gasteiger partial charge in [-0.2, -0.15) is 4.31 Å². The number of rotatable bonds is 7. The third kappa shape index (κ3) is 4.54. The Morgan fingerprint density at radius 3 is 2.32 bits per heavy atom. The highest BCUT2D eigenvalue weighted by Crippen LogP contribution is 2.32. The normalized spacial score (nSPS) is 14.9. The van der Waals surface area contributed by atoms with Gasteiger partial charge in [-0.3, -0.25) is 0 Å². The number of nitrogens with zero attached hydrogens (tertiary/aromatic N) is 2. The van der Waals surface area contributed by atoms with E-state index in [1.54, 1.807) is 19.2 Å². The molecule has 0 unspecified atom stereocenters. The molecule has 1 saturated heterocycles. The standard InChI is InChI=1S/C24H28N2O4S/c1-3-30-23-12-13-24(22-7-5-4-6-21(22)23)31(27,28)25(2)18-19-8-10-20(11-9-19)26-14-16-29-17-15-26/h4-13H,3,14-18H2,1-2H3. The number of anilines is 1. The first-order valence-electron chi connectivity index (χ1n) is 10.5. The lowest BCUT2D eigenvalue weighted by Crippen LogP contribution is -2.36. The van der Waals surface area contributed by atoms with Gasteiger partial charge >= 0.3 is 0 Å². The van der Waals surface area contributed by atoms with Gasteiger partial charge in [0, 0.05) is 43.1 Å². The summed E-state index contributed by atoms with van der Waals surface area (Å²) in [6.07, 6.45) is 0. The maximum Gasteiger partial charge on any atom is 0.243 e. The van der Waals surface area contributed by atoms with Crippen molar-refractivity contribution in [3.05, 3.63) is 66.2 Å². The van der Waals surface area contributed by atoms with E-state index in [1.807, 2.05) is 55.5 Å². The van der Waals surface area contributed by atoms with E-state index in [-0.39, 0.29) is 0 Å². The number of morpholine rings is 1. The van der Waals surface area contributed by atoms with Gasteiger partial charge in [0.2, 0.25) is 10.0 Å². The van der Waals surface area contributed by atoms with Crippen LogP contribution in [0.25, 0.3) is 10.8 Å². The molecule has 0 aliphatic carbocycles. The molecule has 0 radical (unpaired) electrons. The van der Waals surface area contributed by atoms with E-state index in [1.165, 1.54) is 4.31 Å². The van der Waals surface area contributed by atoms with Crippen LogP contribution < -0.4 is 9.64 Å². The molecule has 0 N–H and O–H groups in total. The van der Waals surface area contributed by atoms with Crippen molar-refractivity contribution < 1.29 is 17.9 Å². The summed E-state index contributed by atoms with van der Waals surface area (Å²) in [7, 11) is -2.05. The van der Waals surface area contributed by atoms with Crippen LogP contribution in [0.15, 0.2) is 65.6 Å². The van der Waals surface area contributed by atoms with Crippen LogP contribution >= 0.6 is 0 Å². The van der Waals surface area contributed by atoms with Crippen molar-refractivity contribution in [2.24, 2.45) is 0 Å².